The van der Waals surface area contributed by atoms with E-state index in [2.05, 4.69) is 42.5 Å². The van der Waals surface area contributed by atoms with Crippen LogP contribution in [0.2, 0.25) is 0 Å². The molecule has 8 heteroatoms. The van der Waals surface area contributed by atoms with Gasteiger partial charge in [0, 0.05) is 25.7 Å². The summed E-state index contributed by atoms with van der Waals surface area (Å²) in [4.78, 5) is 18.4. The van der Waals surface area contributed by atoms with Gasteiger partial charge in [-0.3, -0.25) is 4.90 Å². The first-order valence-corrected chi connectivity index (χ1v) is 12.2. The lowest BCUT2D eigenvalue weighted by molar-refractivity contribution is 0.0697. The molecule has 1 aliphatic rings. The van der Waals surface area contributed by atoms with Crippen LogP contribution in [-0.2, 0) is 6.54 Å². The van der Waals surface area contributed by atoms with Crippen LogP contribution in [0.25, 0.3) is 11.0 Å². The number of hydrogen-bond acceptors (Lipinski definition) is 5. The highest BCUT2D eigenvalue weighted by molar-refractivity contribution is 9.10. The summed E-state index contributed by atoms with van der Waals surface area (Å²) in [6, 6.07) is 9.75. The van der Waals surface area contributed by atoms with E-state index in [1.165, 1.54) is 5.56 Å². The van der Waals surface area contributed by atoms with E-state index in [0.717, 1.165) is 65.3 Å². The summed E-state index contributed by atoms with van der Waals surface area (Å²) >= 11 is 3.61. The lowest BCUT2D eigenvalue weighted by Crippen LogP contribution is -2.34. The Hall–Kier alpha value is -2.58. The molecular formula is C25H30BrN3O4. The van der Waals surface area contributed by atoms with Gasteiger partial charge in [0.15, 0.2) is 0 Å². The highest BCUT2D eigenvalue weighted by Crippen LogP contribution is 2.37. The average molecular weight is 516 g/mol. The number of rotatable bonds is 8. The second-order valence-electron chi connectivity index (χ2n) is 8.32. The van der Waals surface area contributed by atoms with Gasteiger partial charge in [0.1, 0.15) is 21.8 Å². The summed E-state index contributed by atoms with van der Waals surface area (Å²) in [5, 5.41) is 9.27. The number of fused-ring (bicyclic) bond motifs is 1. The number of imidazole rings is 1. The number of nitrogens with zero attached hydrogens (tertiary/aromatic N) is 3. The quantitative estimate of drug-likeness (QED) is 0.430. The van der Waals surface area contributed by atoms with Gasteiger partial charge in [0.05, 0.1) is 29.8 Å². The number of hydrogen-bond donors (Lipinski definition) is 1. The number of benzene rings is 2. The third-order valence-electron chi connectivity index (χ3n) is 6.11. The van der Waals surface area contributed by atoms with Crippen molar-refractivity contribution < 1.29 is 19.4 Å². The molecule has 0 radical (unpaired) electrons. The minimum absolute atomic E-state index is 0.273. The highest BCUT2D eigenvalue weighted by atomic mass is 79.9. The third kappa shape index (κ3) is 5.01. The number of halogens is 1. The van der Waals surface area contributed by atoms with Crippen molar-refractivity contribution in [1.82, 2.24) is 14.5 Å². The highest BCUT2D eigenvalue weighted by Gasteiger charge is 2.24. The van der Waals surface area contributed by atoms with Gasteiger partial charge in [-0.25, -0.2) is 9.78 Å². The molecule has 0 atom stereocenters. The Morgan fingerprint density at radius 3 is 2.33 bits per heavy atom. The van der Waals surface area contributed by atoms with Crippen molar-refractivity contribution in [2.24, 2.45) is 0 Å². The third-order valence-corrected chi connectivity index (χ3v) is 6.89. The molecule has 2 aromatic carbocycles. The predicted octanol–water partition coefficient (Wildman–Crippen LogP) is 5.44. The minimum Gasteiger partial charge on any atom is -0.493 e. The monoisotopic (exact) mass is 515 g/mol. The zero-order chi connectivity index (χ0) is 23.5. The number of aromatic carboxylic acids is 1. The number of ether oxygens (including phenoxy) is 2. The molecule has 3 aromatic rings. The molecule has 2 heterocycles. The van der Waals surface area contributed by atoms with Crippen LogP contribution >= 0.6 is 15.9 Å². The molecule has 7 nitrogen and oxygen atoms in total. The number of aryl methyl sites for hydroxylation is 1. The summed E-state index contributed by atoms with van der Waals surface area (Å²) in [6.07, 6.45) is 2.03. The molecule has 0 unspecified atom stereocenters. The fourth-order valence-corrected chi connectivity index (χ4v) is 5.10. The van der Waals surface area contributed by atoms with E-state index in [-0.39, 0.29) is 5.56 Å². The van der Waals surface area contributed by atoms with E-state index < -0.39 is 5.97 Å². The number of carbonyl (C=O) groups is 1. The van der Waals surface area contributed by atoms with Crippen LogP contribution in [0.5, 0.6) is 11.5 Å². The molecule has 33 heavy (non-hydrogen) atoms. The first-order chi connectivity index (χ1) is 15.9. The average Bonchev–Trinajstić information content (AvgIpc) is 3.12. The molecule has 0 aliphatic carbocycles. The first kappa shape index (κ1) is 23.6. The first-order valence-electron chi connectivity index (χ1n) is 11.4. The summed E-state index contributed by atoms with van der Waals surface area (Å²) in [5.74, 6) is 1.64. The van der Waals surface area contributed by atoms with Crippen molar-refractivity contribution >= 4 is 32.9 Å². The largest absolute Gasteiger partial charge is 0.493 e. The van der Waals surface area contributed by atoms with Crippen LogP contribution in [-0.4, -0.2) is 51.8 Å². The maximum Gasteiger partial charge on any atom is 0.335 e. The molecular weight excluding hydrogens is 486 g/mol. The minimum atomic E-state index is -0.926. The van der Waals surface area contributed by atoms with Crippen molar-refractivity contribution in [1.29, 1.82) is 0 Å². The Bertz CT molecular complexity index is 1120. The number of carboxylic acids is 1. The van der Waals surface area contributed by atoms with Crippen LogP contribution in [0.1, 0.15) is 54.5 Å². The van der Waals surface area contributed by atoms with Crippen molar-refractivity contribution in [2.45, 2.75) is 46.2 Å². The van der Waals surface area contributed by atoms with Crippen LogP contribution in [0.4, 0.5) is 0 Å². The van der Waals surface area contributed by atoms with Crippen LogP contribution in [0.3, 0.4) is 0 Å². The Balaban J connectivity index is 1.48. The topological polar surface area (TPSA) is 76.8 Å². The van der Waals surface area contributed by atoms with Crippen molar-refractivity contribution in [3.8, 4) is 11.5 Å². The maximum atomic E-state index is 11.3. The number of piperidine rings is 1. The van der Waals surface area contributed by atoms with Crippen LogP contribution < -0.4 is 9.47 Å². The molecule has 4 rings (SSSR count). The standard InChI is InChI=1S/C25H30BrN3O4/c1-4-32-22-12-17(13-23(24(22)26)33-5-2)15-28-10-8-19(9-11-28)29-16(3)27-20-14-18(25(30)31)6-7-21(20)29/h6-7,12-14,19H,4-5,8-11,15H2,1-3H3,(H,30,31). The van der Waals surface area contributed by atoms with E-state index in [9.17, 15) is 9.90 Å². The zero-order valence-corrected chi connectivity index (χ0v) is 20.9. The lowest BCUT2D eigenvalue weighted by atomic mass is 10.0. The predicted molar refractivity (Wildman–Crippen MR) is 131 cm³/mol. The summed E-state index contributed by atoms with van der Waals surface area (Å²) in [7, 11) is 0. The van der Waals surface area contributed by atoms with Gasteiger partial charge < -0.3 is 19.1 Å². The molecule has 0 bridgehead atoms. The van der Waals surface area contributed by atoms with Gasteiger partial charge in [-0.2, -0.15) is 0 Å². The lowest BCUT2D eigenvalue weighted by Gasteiger charge is -2.33. The van der Waals surface area contributed by atoms with Gasteiger partial charge in [-0.15, -0.1) is 0 Å². The van der Waals surface area contributed by atoms with Gasteiger partial charge in [0.25, 0.3) is 0 Å². The van der Waals surface area contributed by atoms with Gasteiger partial charge in [-0.05, 0) is 85.4 Å². The Kier molecular flexibility index (Phi) is 7.24. The van der Waals surface area contributed by atoms with Crippen molar-refractivity contribution in [2.75, 3.05) is 26.3 Å². The van der Waals surface area contributed by atoms with E-state index in [4.69, 9.17) is 9.47 Å². The summed E-state index contributed by atoms with van der Waals surface area (Å²) in [5.41, 5.74) is 3.20. The number of likely N-dealkylation sites (tertiary alicyclic amines) is 1. The second kappa shape index (κ2) is 10.1. The van der Waals surface area contributed by atoms with Crippen molar-refractivity contribution in [3.63, 3.8) is 0 Å². The molecule has 0 amide bonds. The number of aromatic nitrogens is 2. The molecule has 1 aromatic heterocycles. The van der Waals surface area contributed by atoms with E-state index in [1.54, 1.807) is 12.1 Å². The van der Waals surface area contributed by atoms with E-state index in [0.29, 0.717) is 19.3 Å². The Morgan fingerprint density at radius 2 is 1.76 bits per heavy atom. The van der Waals surface area contributed by atoms with Crippen LogP contribution in [0.15, 0.2) is 34.8 Å². The molecule has 1 saturated heterocycles. The number of carboxylic acid groups (broad SMARTS) is 1. The Labute approximate surface area is 202 Å². The second-order valence-corrected chi connectivity index (χ2v) is 9.11. The fraction of sp³-hybridized carbons (Fsp3) is 0.440. The normalized spacial score (nSPS) is 15.2. The van der Waals surface area contributed by atoms with Gasteiger partial charge >= 0.3 is 5.97 Å². The molecule has 1 aliphatic heterocycles. The summed E-state index contributed by atoms with van der Waals surface area (Å²) < 4.78 is 14.7. The summed E-state index contributed by atoms with van der Waals surface area (Å²) in [6.45, 7) is 9.95. The maximum absolute atomic E-state index is 11.3. The van der Waals surface area contributed by atoms with Crippen molar-refractivity contribution in [3.05, 3.63) is 51.8 Å². The molecule has 176 valence electrons. The molecule has 1 fully saturated rings. The smallest absolute Gasteiger partial charge is 0.335 e. The zero-order valence-electron chi connectivity index (χ0n) is 19.3. The van der Waals surface area contributed by atoms with E-state index in [1.807, 2.05) is 26.8 Å². The van der Waals surface area contributed by atoms with Gasteiger partial charge in [-0.1, -0.05) is 0 Å². The van der Waals surface area contributed by atoms with Crippen LogP contribution in [0, 0.1) is 6.92 Å². The molecule has 0 spiro atoms. The Morgan fingerprint density at radius 1 is 1.12 bits per heavy atom. The van der Waals surface area contributed by atoms with E-state index >= 15 is 0 Å². The molecule has 1 N–H and O–H groups in total. The molecule has 0 saturated carbocycles. The van der Waals surface area contributed by atoms with Gasteiger partial charge in [0.2, 0.25) is 0 Å². The fourth-order valence-electron chi connectivity index (χ4n) is 4.65. The SMILES string of the molecule is CCOc1cc(CN2CCC(n3c(C)nc4cc(C(=O)O)ccc43)CC2)cc(OCC)c1Br.